The van der Waals surface area contributed by atoms with E-state index in [4.69, 9.17) is 5.11 Å². The number of oxazole rings is 1. The number of nitrogens with zero attached hydrogens (tertiary/aromatic N) is 1. The summed E-state index contributed by atoms with van der Waals surface area (Å²) in [5, 5.41) is 8.50. The van der Waals surface area contributed by atoms with E-state index in [1.165, 1.54) is 0 Å². The van der Waals surface area contributed by atoms with Crippen molar-refractivity contribution in [1.29, 1.82) is 0 Å². The Kier molecular flexibility index (Phi) is 1.80. The van der Waals surface area contributed by atoms with E-state index >= 15 is 0 Å². The zero-order valence-corrected chi connectivity index (χ0v) is 7.09. The van der Waals surface area contributed by atoms with Crippen molar-refractivity contribution in [2.75, 3.05) is 0 Å². The fraction of sp³-hybridized carbons (Fsp3) is 0.500. The molecule has 0 unspecified atom stereocenters. The Morgan fingerprint density at radius 3 is 2.86 bits per heavy atom. The van der Waals surface area contributed by atoms with Gasteiger partial charge in [-0.05, 0) is 12.8 Å². The Hall–Kier alpha value is -1.46. The van der Waals surface area contributed by atoms with Crippen LogP contribution in [0.3, 0.4) is 0 Å². The summed E-state index contributed by atoms with van der Waals surface area (Å²) in [6.07, 6.45) is 0.335. The summed E-state index contributed by atoms with van der Waals surface area (Å²) in [5.41, 5.74) is 0.0682. The third-order valence-electron chi connectivity index (χ3n) is 2.12. The molecule has 1 N–H and O–H groups in total. The summed E-state index contributed by atoms with van der Waals surface area (Å²) in [6, 6.07) is 0. The lowest BCUT2D eigenvalue weighted by atomic mass is 9.99. The Morgan fingerprint density at radius 1 is 1.57 bits per heavy atom. The van der Waals surface area contributed by atoms with Gasteiger partial charge in [0.2, 0.25) is 0 Å². The van der Waals surface area contributed by atoms with Crippen molar-refractivity contribution in [2.45, 2.75) is 25.2 Å². The summed E-state index contributed by atoms with van der Waals surface area (Å²) in [4.78, 5) is 13.9. The first-order valence-corrected chi connectivity index (χ1v) is 4.12. The normalized spacial score (nSPS) is 19.0. The summed E-state index contributed by atoms with van der Waals surface area (Å²) in [5.74, 6) is -5.73. The van der Waals surface area contributed by atoms with Gasteiger partial charge in [0.15, 0.2) is 5.76 Å². The van der Waals surface area contributed by atoms with Crippen LogP contribution in [0.25, 0.3) is 0 Å². The number of alkyl halides is 2. The number of rotatable bonds is 1. The fourth-order valence-corrected chi connectivity index (χ4v) is 1.49. The van der Waals surface area contributed by atoms with Crippen LogP contribution in [-0.4, -0.2) is 16.1 Å². The van der Waals surface area contributed by atoms with Crippen LogP contribution in [0.1, 0.15) is 35.0 Å². The first-order chi connectivity index (χ1) is 6.50. The van der Waals surface area contributed by atoms with Crippen LogP contribution in [-0.2, 0) is 12.3 Å². The molecule has 2 rings (SSSR count). The van der Waals surface area contributed by atoms with E-state index in [9.17, 15) is 13.6 Å². The maximum atomic E-state index is 13.1. The second kappa shape index (κ2) is 2.76. The fourth-order valence-electron chi connectivity index (χ4n) is 1.49. The monoisotopic (exact) mass is 203 g/mol. The molecule has 0 radical (unpaired) electrons. The Bertz CT molecular complexity index is 386. The molecule has 4 nitrogen and oxygen atoms in total. The average Bonchev–Trinajstić information content (AvgIpc) is 2.48. The number of aromatic carboxylic acids is 1. The molecule has 6 heteroatoms. The van der Waals surface area contributed by atoms with Gasteiger partial charge in [0, 0.05) is 6.42 Å². The maximum Gasteiger partial charge on any atom is 0.392 e. The lowest BCUT2D eigenvalue weighted by Gasteiger charge is -2.18. The second-order valence-corrected chi connectivity index (χ2v) is 3.16. The molecule has 1 aliphatic rings. The van der Waals surface area contributed by atoms with Gasteiger partial charge in [-0.2, -0.15) is 8.78 Å². The zero-order valence-electron chi connectivity index (χ0n) is 7.09. The molecule has 14 heavy (non-hydrogen) atoms. The predicted octanol–water partition coefficient (Wildman–Crippen LogP) is 1.80. The minimum atomic E-state index is -3.08. The van der Waals surface area contributed by atoms with Crippen LogP contribution in [0.2, 0.25) is 0 Å². The first-order valence-electron chi connectivity index (χ1n) is 4.12. The first kappa shape index (κ1) is 9.11. The lowest BCUT2D eigenvalue weighted by molar-refractivity contribution is -0.0433. The molecule has 0 fully saturated rings. The summed E-state index contributed by atoms with van der Waals surface area (Å²) < 4.78 is 30.8. The Balaban J connectivity index is 2.49. The highest BCUT2D eigenvalue weighted by molar-refractivity contribution is 5.82. The smallest absolute Gasteiger partial charge is 0.392 e. The molecule has 0 saturated heterocycles. The molecule has 1 aliphatic carbocycles. The molecule has 0 bridgehead atoms. The van der Waals surface area contributed by atoms with Gasteiger partial charge in [-0.15, -0.1) is 0 Å². The Morgan fingerprint density at radius 2 is 2.29 bits per heavy atom. The van der Waals surface area contributed by atoms with E-state index in [0.29, 0.717) is 12.8 Å². The molecule has 0 atom stereocenters. The number of aromatic nitrogens is 1. The molecule has 0 amide bonds. The van der Waals surface area contributed by atoms with Crippen molar-refractivity contribution in [3.63, 3.8) is 0 Å². The van der Waals surface area contributed by atoms with E-state index in [1.54, 1.807) is 0 Å². The number of carbonyl (C=O) groups is 1. The van der Waals surface area contributed by atoms with Gasteiger partial charge in [0.25, 0.3) is 0 Å². The minimum Gasteiger partial charge on any atom is -0.474 e. The van der Waals surface area contributed by atoms with Crippen molar-refractivity contribution >= 4 is 5.97 Å². The molecular formula is C8H7F2NO3. The zero-order chi connectivity index (χ0) is 10.3. The van der Waals surface area contributed by atoms with Crippen molar-refractivity contribution in [1.82, 2.24) is 4.98 Å². The van der Waals surface area contributed by atoms with Gasteiger partial charge in [-0.1, -0.05) is 0 Å². The van der Waals surface area contributed by atoms with E-state index in [0.717, 1.165) is 0 Å². The van der Waals surface area contributed by atoms with E-state index in [-0.39, 0.29) is 12.1 Å². The molecule has 0 saturated carbocycles. The van der Waals surface area contributed by atoms with E-state index < -0.39 is 23.5 Å². The highest BCUT2D eigenvalue weighted by atomic mass is 19.3. The molecular weight excluding hydrogens is 196 g/mol. The number of carboxylic acid groups (broad SMARTS) is 1. The largest absolute Gasteiger partial charge is 0.474 e. The SMILES string of the molecule is O=C(O)c1nc2c(o1)C(F)(F)CCC2. The number of hydrogen-bond acceptors (Lipinski definition) is 3. The van der Waals surface area contributed by atoms with Gasteiger partial charge >= 0.3 is 17.8 Å². The highest BCUT2D eigenvalue weighted by Crippen LogP contribution is 2.40. The van der Waals surface area contributed by atoms with Crippen LogP contribution in [0, 0.1) is 0 Å². The van der Waals surface area contributed by atoms with Crippen LogP contribution < -0.4 is 0 Å². The van der Waals surface area contributed by atoms with Crippen molar-refractivity contribution in [3.05, 3.63) is 17.3 Å². The number of aryl methyl sites for hydroxylation is 1. The summed E-state index contributed by atoms with van der Waals surface area (Å²) in [7, 11) is 0. The molecule has 76 valence electrons. The summed E-state index contributed by atoms with van der Waals surface area (Å²) in [6.45, 7) is 0. The standard InChI is InChI=1S/C8H7F2NO3/c9-8(10)3-1-2-4-5(8)14-6(11-4)7(12)13/h1-3H2,(H,12,13). The third-order valence-corrected chi connectivity index (χ3v) is 2.12. The molecule has 0 spiro atoms. The van der Waals surface area contributed by atoms with Gasteiger partial charge in [0.1, 0.15) is 0 Å². The minimum absolute atomic E-state index is 0.0682. The molecule has 0 aromatic carbocycles. The molecule has 1 aromatic rings. The summed E-state index contributed by atoms with van der Waals surface area (Å²) >= 11 is 0. The number of carboxylic acids is 1. The molecule has 1 heterocycles. The topological polar surface area (TPSA) is 63.3 Å². The lowest BCUT2D eigenvalue weighted by Crippen LogP contribution is -2.19. The average molecular weight is 203 g/mol. The number of hydrogen-bond donors (Lipinski definition) is 1. The van der Waals surface area contributed by atoms with Gasteiger partial charge in [0.05, 0.1) is 5.69 Å². The second-order valence-electron chi connectivity index (χ2n) is 3.16. The van der Waals surface area contributed by atoms with Crippen molar-refractivity contribution < 1.29 is 23.1 Å². The van der Waals surface area contributed by atoms with Crippen LogP contribution in [0.4, 0.5) is 8.78 Å². The van der Waals surface area contributed by atoms with Gasteiger partial charge in [-0.3, -0.25) is 0 Å². The van der Waals surface area contributed by atoms with Crippen LogP contribution in [0.15, 0.2) is 4.42 Å². The molecule has 1 aromatic heterocycles. The predicted molar refractivity (Wildman–Crippen MR) is 40.3 cm³/mol. The van der Waals surface area contributed by atoms with E-state index in [2.05, 4.69) is 9.40 Å². The highest BCUT2D eigenvalue weighted by Gasteiger charge is 2.42. The van der Waals surface area contributed by atoms with Gasteiger partial charge < -0.3 is 9.52 Å². The number of halogens is 2. The number of fused-ring (bicyclic) bond motifs is 1. The van der Waals surface area contributed by atoms with Crippen LogP contribution >= 0.6 is 0 Å². The van der Waals surface area contributed by atoms with Crippen molar-refractivity contribution in [3.8, 4) is 0 Å². The maximum absolute atomic E-state index is 13.1. The third kappa shape index (κ3) is 1.26. The quantitative estimate of drug-likeness (QED) is 0.755. The van der Waals surface area contributed by atoms with Crippen LogP contribution in [0.5, 0.6) is 0 Å². The Labute approximate surface area is 77.6 Å². The van der Waals surface area contributed by atoms with Crippen molar-refractivity contribution in [2.24, 2.45) is 0 Å². The molecule has 0 aliphatic heterocycles. The van der Waals surface area contributed by atoms with Gasteiger partial charge in [-0.25, -0.2) is 9.78 Å². The van der Waals surface area contributed by atoms with E-state index in [1.807, 2.05) is 0 Å².